The molecule has 0 aliphatic rings. The summed E-state index contributed by atoms with van der Waals surface area (Å²) in [5.74, 6) is -2.14. The Bertz CT molecular complexity index is 633. The number of phenolic OH excluding ortho intramolecular Hbond substituents is 2. The molecule has 0 heterocycles. The maximum atomic E-state index is 10.5. The average Bonchev–Trinajstić information content (AvgIpc) is 2.38. The van der Waals surface area contributed by atoms with Gasteiger partial charge in [-0.05, 0) is 36.4 Å². The van der Waals surface area contributed by atoms with E-state index in [1.165, 1.54) is 0 Å². The topological polar surface area (TPSA) is 147 Å². The quantitative estimate of drug-likeness (QED) is 0.524. The minimum atomic E-state index is -1.18. The summed E-state index contributed by atoms with van der Waals surface area (Å²) in [6.45, 7) is 0. The molecule has 2 aromatic rings. The van der Waals surface area contributed by atoms with Crippen LogP contribution in [0.25, 0.3) is 0 Å². The number of aromatic hydroxyl groups is 2. The molecule has 0 saturated heterocycles. The van der Waals surface area contributed by atoms with E-state index in [2.05, 4.69) is 0 Å². The Labute approximate surface area is 120 Å². The molecule has 0 saturated carbocycles. The highest BCUT2D eigenvalue weighted by molar-refractivity contribution is 5.93. The van der Waals surface area contributed by atoms with Crippen LogP contribution in [0.3, 0.4) is 0 Å². The number of nitrogens with two attached hydrogens (primary N) is 2. The van der Waals surface area contributed by atoms with Crippen LogP contribution in [-0.4, -0.2) is 27.2 Å². The predicted octanol–water partition coefficient (Wildman–Crippen LogP) is 1.16. The van der Waals surface area contributed by atoms with Crippen LogP contribution in [0.4, 0.5) is 5.69 Å². The van der Waals surface area contributed by atoms with Crippen LogP contribution in [-0.2, 0) is 0 Å². The Morgan fingerprint density at radius 1 is 0.857 bits per heavy atom. The normalized spacial score (nSPS) is 9.33. The van der Waals surface area contributed by atoms with Crippen molar-refractivity contribution in [3.63, 3.8) is 0 Å². The second-order valence-electron chi connectivity index (χ2n) is 4.03. The molecule has 0 aliphatic heterocycles. The van der Waals surface area contributed by atoms with Gasteiger partial charge in [0, 0.05) is 17.3 Å². The van der Waals surface area contributed by atoms with Crippen molar-refractivity contribution in [3.8, 4) is 11.5 Å². The van der Waals surface area contributed by atoms with Gasteiger partial charge in [0.15, 0.2) is 0 Å². The first-order valence-corrected chi connectivity index (χ1v) is 5.71. The fraction of sp³-hybridized carbons (Fsp3) is 0. The van der Waals surface area contributed by atoms with Crippen molar-refractivity contribution in [2.75, 3.05) is 5.73 Å². The molecule has 110 valence electrons. The molecule has 2 rings (SSSR count). The van der Waals surface area contributed by atoms with Gasteiger partial charge in [-0.1, -0.05) is 0 Å². The van der Waals surface area contributed by atoms with Crippen LogP contribution in [0.5, 0.6) is 11.5 Å². The molecule has 0 spiro atoms. The molecule has 0 bridgehead atoms. The maximum Gasteiger partial charge on any atom is 0.335 e. The van der Waals surface area contributed by atoms with Gasteiger partial charge in [-0.3, -0.25) is 4.79 Å². The molecule has 0 fully saturated rings. The minimum Gasteiger partial charge on any atom is -0.508 e. The van der Waals surface area contributed by atoms with Crippen LogP contribution in [0.2, 0.25) is 0 Å². The van der Waals surface area contributed by atoms with Gasteiger partial charge in [0.25, 0.3) is 0 Å². The van der Waals surface area contributed by atoms with Crippen LogP contribution in [0.15, 0.2) is 42.5 Å². The van der Waals surface area contributed by atoms with Gasteiger partial charge < -0.3 is 26.8 Å². The molecule has 0 aromatic heterocycles. The number of benzene rings is 2. The summed E-state index contributed by atoms with van der Waals surface area (Å²) in [6.07, 6.45) is 0. The van der Waals surface area contributed by atoms with Gasteiger partial charge in [0.2, 0.25) is 5.91 Å². The first-order valence-electron chi connectivity index (χ1n) is 5.71. The van der Waals surface area contributed by atoms with Crippen molar-refractivity contribution in [2.45, 2.75) is 0 Å². The third kappa shape index (κ3) is 5.11. The van der Waals surface area contributed by atoms with Gasteiger partial charge >= 0.3 is 5.97 Å². The average molecular weight is 290 g/mol. The van der Waals surface area contributed by atoms with Crippen molar-refractivity contribution in [3.05, 3.63) is 53.6 Å². The highest BCUT2D eigenvalue weighted by Gasteiger charge is 2.04. The lowest BCUT2D eigenvalue weighted by atomic mass is 10.2. The van der Waals surface area contributed by atoms with E-state index < -0.39 is 11.9 Å². The van der Waals surface area contributed by atoms with E-state index >= 15 is 0 Å². The van der Waals surface area contributed by atoms with Gasteiger partial charge in [-0.25, -0.2) is 4.79 Å². The van der Waals surface area contributed by atoms with Gasteiger partial charge in [-0.15, -0.1) is 0 Å². The minimum absolute atomic E-state index is 0.137. The first kappa shape index (κ1) is 15.8. The Balaban J connectivity index is 0.000000211. The van der Waals surface area contributed by atoms with Crippen LogP contribution in [0, 0.1) is 0 Å². The molecular weight excluding hydrogens is 276 g/mol. The Morgan fingerprint density at radius 2 is 1.33 bits per heavy atom. The summed E-state index contributed by atoms with van der Waals surface area (Å²) in [6, 6.07) is 9.64. The fourth-order valence-corrected chi connectivity index (χ4v) is 1.37. The molecule has 7 N–H and O–H groups in total. The van der Waals surface area contributed by atoms with E-state index in [9.17, 15) is 9.59 Å². The van der Waals surface area contributed by atoms with Crippen molar-refractivity contribution >= 4 is 17.6 Å². The standard InChI is InChI=1S/C7H8N2O.C7H6O4/c8-6-3-1-5(2-4-6)7(9)10;8-5-1-4(7(10)11)2-6(9)3-5/h1-4H,8H2,(H2,9,10);1-3,8-9H,(H,10,11). The number of aromatic carboxylic acids is 1. The molecule has 2 aromatic carbocycles. The van der Waals surface area contributed by atoms with Crippen molar-refractivity contribution in [2.24, 2.45) is 5.73 Å². The summed E-state index contributed by atoms with van der Waals surface area (Å²) in [7, 11) is 0. The highest BCUT2D eigenvalue weighted by atomic mass is 16.4. The van der Waals surface area contributed by atoms with E-state index in [-0.39, 0.29) is 17.1 Å². The summed E-state index contributed by atoms with van der Waals surface area (Å²) in [5.41, 5.74) is 11.3. The number of phenols is 2. The van der Waals surface area contributed by atoms with Crippen molar-refractivity contribution < 1.29 is 24.9 Å². The molecule has 0 atom stereocenters. The van der Waals surface area contributed by atoms with Gasteiger partial charge in [-0.2, -0.15) is 0 Å². The number of carbonyl (C=O) groups is 2. The van der Waals surface area contributed by atoms with Gasteiger partial charge in [0.1, 0.15) is 11.5 Å². The van der Waals surface area contributed by atoms with E-state index in [0.29, 0.717) is 11.3 Å². The summed E-state index contributed by atoms with van der Waals surface area (Å²) < 4.78 is 0. The van der Waals surface area contributed by atoms with Crippen molar-refractivity contribution in [1.29, 1.82) is 0 Å². The zero-order valence-corrected chi connectivity index (χ0v) is 10.9. The number of nitrogen functional groups attached to an aromatic ring is 1. The zero-order valence-electron chi connectivity index (χ0n) is 10.9. The number of primary amides is 1. The fourth-order valence-electron chi connectivity index (χ4n) is 1.37. The first-order chi connectivity index (χ1) is 9.79. The third-order valence-corrected chi connectivity index (χ3v) is 2.34. The lowest BCUT2D eigenvalue weighted by Crippen LogP contribution is -2.10. The van der Waals surface area contributed by atoms with E-state index in [1.807, 2.05) is 0 Å². The summed E-state index contributed by atoms with van der Waals surface area (Å²) in [5, 5.41) is 26.1. The molecule has 7 nitrogen and oxygen atoms in total. The number of rotatable bonds is 2. The predicted molar refractivity (Wildman–Crippen MR) is 76.1 cm³/mol. The molecule has 7 heteroatoms. The number of carboxylic acid groups (broad SMARTS) is 1. The molecule has 1 amide bonds. The van der Waals surface area contributed by atoms with E-state index in [4.69, 9.17) is 26.8 Å². The Hall–Kier alpha value is -3.22. The SMILES string of the molecule is NC(=O)c1ccc(N)cc1.O=C(O)c1cc(O)cc(O)c1. The second-order valence-corrected chi connectivity index (χ2v) is 4.03. The van der Waals surface area contributed by atoms with E-state index in [1.54, 1.807) is 24.3 Å². The molecule has 21 heavy (non-hydrogen) atoms. The number of hydrogen-bond acceptors (Lipinski definition) is 5. The van der Waals surface area contributed by atoms with Gasteiger partial charge in [0.05, 0.1) is 5.56 Å². The van der Waals surface area contributed by atoms with Crippen molar-refractivity contribution in [1.82, 2.24) is 0 Å². The number of carbonyl (C=O) groups excluding carboxylic acids is 1. The van der Waals surface area contributed by atoms with Crippen LogP contribution < -0.4 is 11.5 Å². The number of amides is 1. The largest absolute Gasteiger partial charge is 0.508 e. The molecule has 0 radical (unpaired) electrons. The Morgan fingerprint density at radius 3 is 1.71 bits per heavy atom. The number of anilines is 1. The maximum absolute atomic E-state index is 10.5. The smallest absolute Gasteiger partial charge is 0.335 e. The zero-order chi connectivity index (χ0) is 16.0. The monoisotopic (exact) mass is 290 g/mol. The Kier molecular flexibility index (Phi) is 5.13. The number of hydrogen-bond donors (Lipinski definition) is 5. The molecule has 0 unspecified atom stereocenters. The number of carboxylic acids is 1. The summed E-state index contributed by atoms with van der Waals surface area (Å²) >= 11 is 0. The second kappa shape index (κ2) is 6.80. The lowest BCUT2D eigenvalue weighted by Gasteiger charge is -1.96. The van der Waals surface area contributed by atoms with Crippen LogP contribution in [0.1, 0.15) is 20.7 Å². The third-order valence-electron chi connectivity index (χ3n) is 2.34. The van der Waals surface area contributed by atoms with E-state index in [0.717, 1.165) is 18.2 Å². The lowest BCUT2D eigenvalue weighted by molar-refractivity contribution is 0.0695. The molecular formula is C14H14N2O5. The molecule has 0 aliphatic carbocycles. The summed E-state index contributed by atoms with van der Waals surface area (Å²) in [4.78, 5) is 20.8. The van der Waals surface area contributed by atoms with Crippen LogP contribution >= 0.6 is 0 Å². The highest BCUT2D eigenvalue weighted by Crippen LogP contribution is 2.19.